The lowest BCUT2D eigenvalue weighted by molar-refractivity contribution is 0.609. The SMILES string of the molecule is CC1(NC(=S)NC2(C)CC2)CC1. The van der Waals surface area contributed by atoms with Crippen molar-refractivity contribution in [3.8, 4) is 0 Å². The normalized spacial score (nSPS) is 27.5. The summed E-state index contributed by atoms with van der Waals surface area (Å²) in [6.45, 7) is 4.44. The van der Waals surface area contributed by atoms with Crippen molar-refractivity contribution in [2.45, 2.75) is 50.6 Å². The van der Waals surface area contributed by atoms with Gasteiger partial charge in [0.25, 0.3) is 0 Å². The molecule has 2 aliphatic carbocycles. The maximum atomic E-state index is 5.21. The van der Waals surface area contributed by atoms with Gasteiger partial charge in [0.15, 0.2) is 5.11 Å². The number of rotatable bonds is 2. The highest BCUT2D eigenvalue weighted by Gasteiger charge is 2.41. The van der Waals surface area contributed by atoms with Crippen LogP contribution < -0.4 is 10.6 Å². The number of hydrogen-bond donors (Lipinski definition) is 2. The minimum atomic E-state index is 0.315. The van der Waals surface area contributed by atoms with Gasteiger partial charge in [0.1, 0.15) is 0 Å². The van der Waals surface area contributed by atoms with E-state index in [-0.39, 0.29) is 0 Å². The predicted molar refractivity (Wildman–Crippen MR) is 54.1 cm³/mol. The lowest BCUT2D eigenvalue weighted by Gasteiger charge is -2.19. The first-order valence-electron chi connectivity index (χ1n) is 4.62. The van der Waals surface area contributed by atoms with Gasteiger partial charge in [-0.25, -0.2) is 0 Å². The quantitative estimate of drug-likeness (QED) is 0.637. The summed E-state index contributed by atoms with van der Waals surface area (Å²) in [6.07, 6.45) is 5.02. The summed E-state index contributed by atoms with van der Waals surface area (Å²) in [6, 6.07) is 0. The van der Waals surface area contributed by atoms with Crippen LogP contribution in [0.4, 0.5) is 0 Å². The summed E-state index contributed by atoms with van der Waals surface area (Å²) < 4.78 is 0. The van der Waals surface area contributed by atoms with Gasteiger partial charge in [0, 0.05) is 11.1 Å². The second kappa shape index (κ2) is 2.34. The van der Waals surface area contributed by atoms with Gasteiger partial charge in [0.2, 0.25) is 0 Å². The molecule has 68 valence electrons. The zero-order valence-corrected chi connectivity index (χ0v) is 8.55. The first-order chi connectivity index (χ1) is 5.52. The minimum absolute atomic E-state index is 0.315. The average Bonchev–Trinajstić information content (AvgIpc) is 2.76. The Bertz CT molecular complexity index is 195. The first-order valence-corrected chi connectivity index (χ1v) is 5.03. The lowest BCUT2D eigenvalue weighted by atomic mass is 10.3. The maximum absolute atomic E-state index is 5.21. The molecule has 0 bridgehead atoms. The molecule has 0 unspecified atom stereocenters. The largest absolute Gasteiger partial charge is 0.358 e. The Morgan fingerprint density at radius 3 is 1.58 bits per heavy atom. The van der Waals surface area contributed by atoms with E-state index < -0.39 is 0 Å². The van der Waals surface area contributed by atoms with E-state index in [0.29, 0.717) is 11.1 Å². The molecule has 2 aliphatic rings. The highest BCUT2D eigenvalue weighted by molar-refractivity contribution is 7.80. The molecule has 3 heteroatoms. The molecule has 0 saturated heterocycles. The first kappa shape index (κ1) is 8.30. The minimum Gasteiger partial charge on any atom is -0.358 e. The summed E-state index contributed by atoms with van der Waals surface area (Å²) >= 11 is 5.21. The molecule has 0 spiro atoms. The molecule has 12 heavy (non-hydrogen) atoms. The highest BCUT2D eigenvalue weighted by Crippen LogP contribution is 2.36. The number of thiocarbonyl (C=S) groups is 1. The van der Waals surface area contributed by atoms with Crippen LogP contribution in [-0.2, 0) is 0 Å². The fourth-order valence-electron chi connectivity index (χ4n) is 1.20. The van der Waals surface area contributed by atoms with Gasteiger partial charge >= 0.3 is 0 Å². The zero-order valence-electron chi connectivity index (χ0n) is 7.74. The van der Waals surface area contributed by atoms with Gasteiger partial charge in [-0.05, 0) is 51.7 Å². The van der Waals surface area contributed by atoms with Crippen LogP contribution in [0.25, 0.3) is 0 Å². The van der Waals surface area contributed by atoms with Gasteiger partial charge in [-0.3, -0.25) is 0 Å². The van der Waals surface area contributed by atoms with Gasteiger partial charge in [-0.2, -0.15) is 0 Å². The Labute approximate surface area is 79.1 Å². The van der Waals surface area contributed by atoms with E-state index in [9.17, 15) is 0 Å². The van der Waals surface area contributed by atoms with Crippen molar-refractivity contribution >= 4 is 17.3 Å². The van der Waals surface area contributed by atoms with Gasteiger partial charge in [-0.15, -0.1) is 0 Å². The molecule has 0 aromatic carbocycles. The summed E-state index contributed by atoms with van der Waals surface area (Å²) in [5, 5.41) is 7.54. The Balaban J connectivity index is 1.77. The lowest BCUT2D eigenvalue weighted by Crippen LogP contribution is -2.46. The summed E-state index contributed by atoms with van der Waals surface area (Å²) in [5.74, 6) is 0. The zero-order chi connectivity index (χ0) is 8.82. The van der Waals surface area contributed by atoms with Crippen molar-refractivity contribution in [2.75, 3.05) is 0 Å². The van der Waals surface area contributed by atoms with Gasteiger partial charge < -0.3 is 10.6 Å². The molecule has 0 amide bonds. The molecule has 2 rings (SSSR count). The molecular weight excluding hydrogens is 168 g/mol. The third kappa shape index (κ3) is 1.89. The van der Waals surface area contributed by atoms with Crippen LogP contribution in [0.5, 0.6) is 0 Å². The van der Waals surface area contributed by atoms with E-state index >= 15 is 0 Å². The van der Waals surface area contributed by atoms with Crippen LogP contribution >= 0.6 is 12.2 Å². The van der Waals surface area contributed by atoms with Crippen LogP contribution in [0.1, 0.15) is 39.5 Å². The van der Waals surface area contributed by atoms with Crippen molar-refractivity contribution in [2.24, 2.45) is 0 Å². The molecule has 0 radical (unpaired) electrons. The van der Waals surface area contributed by atoms with E-state index in [2.05, 4.69) is 24.5 Å². The molecule has 2 nitrogen and oxygen atoms in total. The number of hydrogen-bond acceptors (Lipinski definition) is 1. The maximum Gasteiger partial charge on any atom is 0.167 e. The van der Waals surface area contributed by atoms with Crippen molar-refractivity contribution in [3.63, 3.8) is 0 Å². The van der Waals surface area contributed by atoms with Crippen molar-refractivity contribution < 1.29 is 0 Å². The van der Waals surface area contributed by atoms with E-state index in [1.807, 2.05) is 0 Å². The second-order valence-corrected chi connectivity index (χ2v) is 5.11. The molecule has 2 N–H and O–H groups in total. The van der Waals surface area contributed by atoms with Gasteiger partial charge in [-0.1, -0.05) is 0 Å². The standard InChI is InChI=1S/C9H16N2S/c1-8(3-4-8)10-7(12)11-9(2)5-6-9/h3-6H2,1-2H3,(H2,10,11,12). The predicted octanol–water partition coefficient (Wildman–Crippen LogP) is 1.56. The molecule has 0 aliphatic heterocycles. The van der Waals surface area contributed by atoms with E-state index in [1.165, 1.54) is 25.7 Å². The Kier molecular flexibility index (Phi) is 1.62. The average molecular weight is 184 g/mol. The fourth-order valence-corrected chi connectivity index (χ4v) is 1.70. The molecule has 0 aromatic heterocycles. The molecular formula is C9H16N2S. The third-order valence-corrected chi connectivity index (χ3v) is 3.03. The van der Waals surface area contributed by atoms with Crippen LogP contribution in [-0.4, -0.2) is 16.2 Å². The van der Waals surface area contributed by atoms with Crippen molar-refractivity contribution in [1.82, 2.24) is 10.6 Å². The van der Waals surface area contributed by atoms with Gasteiger partial charge in [0.05, 0.1) is 0 Å². The summed E-state index contributed by atoms with van der Waals surface area (Å²) in [5.41, 5.74) is 0.630. The van der Waals surface area contributed by atoms with E-state index in [1.54, 1.807) is 0 Å². The van der Waals surface area contributed by atoms with E-state index in [0.717, 1.165) is 5.11 Å². The van der Waals surface area contributed by atoms with Crippen molar-refractivity contribution in [3.05, 3.63) is 0 Å². The van der Waals surface area contributed by atoms with Crippen molar-refractivity contribution in [1.29, 1.82) is 0 Å². The fraction of sp³-hybridized carbons (Fsp3) is 0.889. The molecule has 2 saturated carbocycles. The van der Waals surface area contributed by atoms with Crippen LogP contribution in [0.2, 0.25) is 0 Å². The Morgan fingerprint density at radius 2 is 1.33 bits per heavy atom. The van der Waals surface area contributed by atoms with Crippen LogP contribution in [0.3, 0.4) is 0 Å². The van der Waals surface area contributed by atoms with E-state index in [4.69, 9.17) is 12.2 Å². The number of nitrogens with one attached hydrogen (secondary N) is 2. The molecule has 0 atom stereocenters. The topological polar surface area (TPSA) is 24.1 Å². The molecule has 0 aromatic rings. The van der Waals surface area contributed by atoms with Crippen LogP contribution in [0.15, 0.2) is 0 Å². The Hall–Kier alpha value is -0.310. The highest BCUT2D eigenvalue weighted by atomic mass is 32.1. The van der Waals surface area contributed by atoms with Crippen LogP contribution in [0, 0.1) is 0 Å². The monoisotopic (exact) mass is 184 g/mol. The molecule has 2 fully saturated rings. The summed E-state index contributed by atoms with van der Waals surface area (Å²) in [4.78, 5) is 0. The third-order valence-electron chi connectivity index (χ3n) is 2.83. The Morgan fingerprint density at radius 1 is 1.00 bits per heavy atom. The summed E-state index contributed by atoms with van der Waals surface area (Å²) in [7, 11) is 0. The smallest absolute Gasteiger partial charge is 0.167 e. The molecule has 0 heterocycles. The second-order valence-electron chi connectivity index (χ2n) is 4.70.